The summed E-state index contributed by atoms with van der Waals surface area (Å²) >= 11 is 0. The Bertz CT molecular complexity index is 800. The predicted octanol–water partition coefficient (Wildman–Crippen LogP) is 3.86. The van der Waals surface area contributed by atoms with E-state index in [4.69, 9.17) is 9.47 Å². The number of ether oxygens (including phenoxy) is 2. The highest BCUT2D eigenvalue weighted by atomic mass is 16.7. The fourth-order valence-corrected chi connectivity index (χ4v) is 2.94. The van der Waals surface area contributed by atoms with Crippen LogP contribution in [-0.4, -0.2) is 28.7 Å². The van der Waals surface area contributed by atoms with Gasteiger partial charge in [-0.3, -0.25) is 10.1 Å². The summed E-state index contributed by atoms with van der Waals surface area (Å²) in [5, 5.41) is 24.0. The Morgan fingerprint density at radius 1 is 1.27 bits per heavy atom. The van der Waals surface area contributed by atoms with Gasteiger partial charge in [0.1, 0.15) is 5.71 Å². The van der Waals surface area contributed by atoms with Gasteiger partial charge >= 0.3 is 0 Å². The van der Waals surface area contributed by atoms with Crippen molar-refractivity contribution in [3.05, 3.63) is 75.3 Å². The Kier molecular flexibility index (Phi) is 5.93. The lowest BCUT2D eigenvalue weighted by Crippen LogP contribution is -2.22. The van der Waals surface area contributed by atoms with Crippen molar-refractivity contribution in [1.82, 2.24) is 0 Å². The van der Waals surface area contributed by atoms with Crippen LogP contribution < -0.4 is 0 Å². The van der Waals surface area contributed by atoms with Crippen LogP contribution in [-0.2, 0) is 16.1 Å². The maximum Gasteiger partial charge on any atom is 0.270 e. The zero-order chi connectivity index (χ0) is 18.4. The van der Waals surface area contributed by atoms with Gasteiger partial charge in [0.25, 0.3) is 5.69 Å². The Morgan fingerprint density at radius 3 is 2.85 bits per heavy atom. The molecule has 2 aromatic rings. The molecule has 1 aliphatic heterocycles. The van der Waals surface area contributed by atoms with E-state index in [1.807, 2.05) is 18.2 Å². The predicted molar refractivity (Wildman–Crippen MR) is 95.3 cm³/mol. The van der Waals surface area contributed by atoms with Gasteiger partial charge in [-0.2, -0.15) is 0 Å². The van der Waals surface area contributed by atoms with E-state index in [1.165, 1.54) is 12.1 Å². The van der Waals surface area contributed by atoms with E-state index >= 15 is 0 Å². The van der Waals surface area contributed by atoms with Crippen LogP contribution in [0.25, 0.3) is 0 Å². The standard InChI is InChI=1S/C19H20N2O5/c22-20-19(14-7-5-8-16(12-14)21(23)24)17-9-2-1-6-15(17)13-26-18-10-3-4-11-25-18/h1-2,5-9,12,18,22H,3-4,10-11,13H2/b20-19-. The first kappa shape index (κ1) is 18.0. The molecule has 7 heteroatoms. The van der Waals surface area contributed by atoms with Crippen LogP contribution in [0.1, 0.15) is 36.0 Å². The van der Waals surface area contributed by atoms with Gasteiger partial charge in [-0.1, -0.05) is 41.6 Å². The van der Waals surface area contributed by atoms with Crippen molar-refractivity contribution in [3.8, 4) is 0 Å². The summed E-state index contributed by atoms with van der Waals surface area (Å²) in [6, 6.07) is 13.4. The van der Waals surface area contributed by atoms with E-state index in [0.29, 0.717) is 24.3 Å². The summed E-state index contributed by atoms with van der Waals surface area (Å²) in [4.78, 5) is 10.5. The van der Waals surface area contributed by atoms with E-state index in [2.05, 4.69) is 5.16 Å². The van der Waals surface area contributed by atoms with Gasteiger partial charge in [-0.05, 0) is 24.8 Å². The minimum Gasteiger partial charge on any atom is -0.410 e. The topological polar surface area (TPSA) is 94.2 Å². The molecule has 2 aromatic carbocycles. The molecule has 0 amide bonds. The summed E-state index contributed by atoms with van der Waals surface area (Å²) in [5.74, 6) is 0. The number of nitrogens with zero attached hydrogens (tertiary/aromatic N) is 2. The molecular weight excluding hydrogens is 336 g/mol. The lowest BCUT2D eigenvalue weighted by Gasteiger charge is -2.23. The lowest BCUT2D eigenvalue weighted by atomic mass is 9.97. The van der Waals surface area contributed by atoms with Gasteiger partial charge < -0.3 is 14.7 Å². The van der Waals surface area contributed by atoms with Gasteiger partial charge in [-0.15, -0.1) is 0 Å². The van der Waals surface area contributed by atoms with Crippen LogP contribution >= 0.6 is 0 Å². The van der Waals surface area contributed by atoms with E-state index in [9.17, 15) is 15.3 Å². The molecule has 7 nitrogen and oxygen atoms in total. The van der Waals surface area contributed by atoms with Crippen molar-refractivity contribution in [1.29, 1.82) is 0 Å². The van der Waals surface area contributed by atoms with Gasteiger partial charge in [-0.25, -0.2) is 0 Å². The first-order valence-corrected chi connectivity index (χ1v) is 8.47. The van der Waals surface area contributed by atoms with Crippen LogP contribution in [0, 0.1) is 10.1 Å². The quantitative estimate of drug-likeness (QED) is 0.367. The lowest BCUT2D eigenvalue weighted by molar-refractivity contribution is -0.384. The van der Waals surface area contributed by atoms with Crippen molar-refractivity contribution in [2.24, 2.45) is 5.16 Å². The highest BCUT2D eigenvalue weighted by molar-refractivity contribution is 6.13. The molecule has 26 heavy (non-hydrogen) atoms. The summed E-state index contributed by atoms with van der Waals surface area (Å²) in [5.41, 5.74) is 2.14. The summed E-state index contributed by atoms with van der Waals surface area (Å²) in [7, 11) is 0. The molecule has 136 valence electrons. The van der Waals surface area contributed by atoms with Crippen molar-refractivity contribution < 1.29 is 19.6 Å². The Hall–Kier alpha value is -2.77. The smallest absolute Gasteiger partial charge is 0.270 e. The molecule has 1 saturated heterocycles. The Labute approximate surface area is 151 Å². The van der Waals surface area contributed by atoms with Crippen molar-refractivity contribution in [2.75, 3.05) is 6.61 Å². The van der Waals surface area contributed by atoms with Crippen LogP contribution in [0.4, 0.5) is 5.69 Å². The highest BCUT2D eigenvalue weighted by Gasteiger charge is 2.18. The van der Waals surface area contributed by atoms with E-state index in [0.717, 1.165) is 24.8 Å². The number of nitro groups is 1. The number of non-ortho nitro benzene ring substituents is 1. The van der Waals surface area contributed by atoms with Crippen LogP contribution in [0.3, 0.4) is 0 Å². The normalized spacial score (nSPS) is 17.8. The fourth-order valence-electron chi connectivity index (χ4n) is 2.94. The van der Waals surface area contributed by atoms with Crippen molar-refractivity contribution in [3.63, 3.8) is 0 Å². The van der Waals surface area contributed by atoms with Gasteiger partial charge in [0.2, 0.25) is 0 Å². The number of hydrogen-bond donors (Lipinski definition) is 1. The molecule has 3 rings (SSSR count). The van der Waals surface area contributed by atoms with Gasteiger partial charge in [0, 0.05) is 29.9 Å². The summed E-state index contributed by atoms with van der Waals surface area (Å²) < 4.78 is 11.4. The molecule has 0 aromatic heterocycles. The fraction of sp³-hybridized carbons (Fsp3) is 0.316. The molecule has 1 fully saturated rings. The van der Waals surface area contributed by atoms with Gasteiger partial charge in [0.15, 0.2) is 6.29 Å². The van der Waals surface area contributed by atoms with Crippen LogP contribution in [0.5, 0.6) is 0 Å². The molecule has 0 aliphatic carbocycles. The highest BCUT2D eigenvalue weighted by Crippen LogP contribution is 2.22. The maximum atomic E-state index is 11.0. The second-order valence-corrected chi connectivity index (χ2v) is 6.02. The molecule has 1 atom stereocenters. The molecule has 1 aliphatic rings. The molecule has 0 bridgehead atoms. The number of oxime groups is 1. The summed E-state index contributed by atoms with van der Waals surface area (Å²) in [6.45, 7) is 0.998. The Morgan fingerprint density at radius 2 is 2.12 bits per heavy atom. The first-order chi connectivity index (χ1) is 12.7. The molecule has 1 heterocycles. The molecule has 0 saturated carbocycles. The Balaban J connectivity index is 1.85. The second kappa shape index (κ2) is 8.55. The molecule has 0 spiro atoms. The third-order valence-electron chi connectivity index (χ3n) is 4.27. The van der Waals surface area contributed by atoms with Crippen LogP contribution in [0.15, 0.2) is 53.7 Å². The van der Waals surface area contributed by atoms with Crippen LogP contribution in [0.2, 0.25) is 0 Å². The molecular formula is C19H20N2O5. The monoisotopic (exact) mass is 356 g/mol. The van der Waals surface area contributed by atoms with E-state index in [-0.39, 0.29) is 17.7 Å². The third kappa shape index (κ3) is 4.25. The van der Waals surface area contributed by atoms with Crippen molar-refractivity contribution in [2.45, 2.75) is 32.2 Å². The average molecular weight is 356 g/mol. The number of hydrogen-bond acceptors (Lipinski definition) is 6. The third-order valence-corrected chi connectivity index (χ3v) is 4.27. The van der Waals surface area contributed by atoms with Gasteiger partial charge in [0.05, 0.1) is 11.5 Å². The average Bonchev–Trinajstić information content (AvgIpc) is 2.69. The molecule has 1 N–H and O–H groups in total. The zero-order valence-electron chi connectivity index (χ0n) is 14.2. The maximum absolute atomic E-state index is 11.0. The largest absolute Gasteiger partial charge is 0.410 e. The number of rotatable bonds is 6. The second-order valence-electron chi connectivity index (χ2n) is 6.02. The zero-order valence-corrected chi connectivity index (χ0v) is 14.2. The van der Waals surface area contributed by atoms with Crippen molar-refractivity contribution >= 4 is 11.4 Å². The number of benzene rings is 2. The van der Waals surface area contributed by atoms with E-state index in [1.54, 1.807) is 18.2 Å². The molecule has 0 radical (unpaired) electrons. The minimum absolute atomic E-state index is 0.0620. The SMILES string of the molecule is O=[N+]([O-])c1cccc(/C(=N/O)c2ccccc2COC2CCCCO2)c1. The minimum atomic E-state index is -0.478. The molecule has 1 unspecified atom stereocenters. The van der Waals surface area contributed by atoms with E-state index < -0.39 is 4.92 Å². The number of nitro benzene ring substituents is 1. The first-order valence-electron chi connectivity index (χ1n) is 8.47. The summed E-state index contributed by atoms with van der Waals surface area (Å²) in [6.07, 6.45) is 2.74.